The molecule has 0 radical (unpaired) electrons. The maximum absolute atomic E-state index is 14.3. The van der Waals surface area contributed by atoms with Crippen LogP contribution in [0.2, 0.25) is 0 Å². The van der Waals surface area contributed by atoms with E-state index in [-0.39, 0.29) is 55.9 Å². The summed E-state index contributed by atoms with van der Waals surface area (Å²) in [6, 6.07) is 20.1. The third-order valence-electron chi connectivity index (χ3n) is 8.16. The standard InChI is InChI=1S/C32H34N6O5S/c1-3-16-36-20-30(40)37-28(17-23-12-14-26(39)15-13-23)32(41)35(18-25-10-7-11-27-31(25)33-22-34(27)2)19-29(37)38(36)44(42,43)21-24-8-5-4-6-9-24/h3-15,22,28-29,39H,1,16-21H2,2H3/t28-,29-/m0/s1. The van der Waals surface area contributed by atoms with E-state index < -0.39 is 22.2 Å². The van der Waals surface area contributed by atoms with Gasteiger partial charge in [0.25, 0.3) is 0 Å². The van der Waals surface area contributed by atoms with Crippen LogP contribution < -0.4 is 0 Å². The molecule has 2 aliphatic heterocycles. The molecule has 0 spiro atoms. The average molecular weight is 615 g/mol. The fourth-order valence-electron chi connectivity index (χ4n) is 6.17. The van der Waals surface area contributed by atoms with E-state index in [0.29, 0.717) is 5.56 Å². The topological polar surface area (TPSA) is 119 Å². The largest absolute Gasteiger partial charge is 0.508 e. The molecule has 44 heavy (non-hydrogen) atoms. The summed E-state index contributed by atoms with van der Waals surface area (Å²) in [5, 5.41) is 11.3. The number of aryl methyl sites for hydroxylation is 1. The second-order valence-corrected chi connectivity index (χ2v) is 13.0. The number of imidazole rings is 1. The molecule has 228 valence electrons. The van der Waals surface area contributed by atoms with Gasteiger partial charge in [0.1, 0.15) is 18.0 Å². The second kappa shape index (κ2) is 11.9. The normalized spacial score (nSPS) is 19.8. The van der Waals surface area contributed by atoms with Gasteiger partial charge < -0.3 is 19.5 Å². The molecule has 11 nitrogen and oxygen atoms in total. The van der Waals surface area contributed by atoms with E-state index in [4.69, 9.17) is 0 Å². The van der Waals surface area contributed by atoms with Crippen LogP contribution >= 0.6 is 0 Å². The zero-order valence-corrected chi connectivity index (χ0v) is 25.2. The number of sulfonamides is 1. The molecule has 0 unspecified atom stereocenters. The fraction of sp³-hybridized carbons (Fsp3) is 0.281. The molecule has 6 rings (SSSR count). The summed E-state index contributed by atoms with van der Waals surface area (Å²) < 4.78 is 31.6. The number of para-hydroxylation sites is 1. The van der Waals surface area contributed by atoms with Gasteiger partial charge in [0.05, 0.1) is 36.2 Å². The molecule has 3 aromatic carbocycles. The Kier molecular flexibility index (Phi) is 7.97. The van der Waals surface area contributed by atoms with Crippen molar-refractivity contribution in [2.24, 2.45) is 7.05 Å². The lowest BCUT2D eigenvalue weighted by Gasteiger charge is -2.54. The van der Waals surface area contributed by atoms with Crippen LogP contribution in [0.25, 0.3) is 11.0 Å². The maximum atomic E-state index is 14.3. The third-order valence-corrected chi connectivity index (χ3v) is 9.90. The summed E-state index contributed by atoms with van der Waals surface area (Å²) in [6.07, 6.45) is 2.45. The highest BCUT2D eigenvalue weighted by Crippen LogP contribution is 2.32. The summed E-state index contributed by atoms with van der Waals surface area (Å²) in [7, 11) is -2.12. The smallest absolute Gasteiger partial charge is 0.246 e. The highest BCUT2D eigenvalue weighted by atomic mass is 32.2. The minimum Gasteiger partial charge on any atom is -0.508 e. The van der Waals surface area contributed by atoms with Gasteiger partial charge in [-0.3, -0.25) is 9.59 Å². The highest BCUT2D eigenvalue weighted by Gasteiger charge is 2.53. The number of hydrazine groups is 1. The molecule has 2 aliphatic rings. The Morgan fingerprint density at radius 1 is 1.00 bits per heavy atom. The van der Waals surface area contributed by atoms with Gasteiger partial charge in [0, 0.05) is 26.6 Å². The molecule has 0 bridgehead atoms. The van der Waals surface area contributed by atoms with E-state index in [1.54, 1.807) is 53.7 Å². The first-order chi connectivity index (χ1) is 21.2. The molecule has 2 saturated heterocycles. The number of hydrogen-bond donors (Lipinski definition) is 1. The lowest BCUT2D eigenvalue weighted by molar-refractivity contribution is -0.183. The molecule has 0 aliphatic carbocycles. The summed E-state index contributed by atoms with van der Waals surface area (Å²) >= 11 is 0. The van der Waals surface area contributed by atoms with Crippen molar-refractivity contribution in [3.63, 3.8) is 0 Å². The first-order valence-corrected chi connectivity index (χ1v) is 16.0. The number of nitrogens with zero attached hydrogens (tertiary/aromatic N) is 6. The molecule has 0 saturated carbocycles. The van der Waals surface area contributed by atoms with Crippen molar-refractivity contribution in [3.05, 3.63) is 108 Å². The van der Waals surface area contributed by atoms with E-state index in [9.17, 15) is 23.1 Å². The van der Waals surface area contributed by atoms with Crippen molar-refractivity contribution >= 4 is 32.9 Å². The Morgan fingerprint density at radius 2 is 1.75 bits per heavy atom. The summed E-state index contributed by atoms with van der Waals surface area (Å²) in [5.74, 6) is -0.817. The fourth-order valence-corrected chi connectivity index (χ4v) is 7.93. The first kappa shape index (κ1) is 29.5. The van der Waals surface area contributed by atoms with Crippen LogP contribution in [0, 0.1) is 0 Å². The van der Waals surface area contributed by atoms with Gasteiger partial charge in [0.15, 0.2) is 0 Å². The number of rotatable bonds is 9. The van der Waals surface area contributed by atoms with Crippen LogP contribution in [0.5, 0.6) is 5.75 Å². The van der Waals surface area contributed by atoms with Crippen LogP contribution in [-0.4, -0.2) is 86.0 Å². The SMILES string of the molecule is C=CCN1CC(=O)N2[C@@H](Cc3ccc(O)cc3)C(=O)N(Cc3cccc4c3ncn4C)C[C@@H]2N1S(=O)(=O)Cc1ccccc1. The van der Waals surface area contributed by atoms with Crippen LogP contribution in [0.3, 0.4) is 0 Å². The van der Waals surface area contributed by atoms with Gasteiger partial charge in [-0.05, 0) is 34.9 Å². The predicted octanol–water partition coefficient (Wildman–Crippen LogP) is 2.64. The molecular formula is C32H34N6O5S. The lowest BCUT2D eigenvalue weighted by atomic mass is 9.98. The van der Waals surface area contributed by atoms with E-state index in [1.807, 2.05) is 35.9 Å². The van der Waals surface area contributed by atoms with Gasteiger partial charge in [-0.15, -0.1) is 11.0 Å². The zero-order valence-electron chi connectivity index (χ0n) is 24.4. The van der Waals surface area contributed by atoms with Crippen molar-refractivity contribution in [3.8, 4) is 5.75 Å². The molecule has 4 aromatic rings. The lowest BCUT2D eigenvalue weighted by Crippen LogP contribution is -2.75. The van der Waals surface area contributed by atoms with Crippen molar-refractivity contribution in [1.82, 2.24) is 28.8 Å². The maximum Gasteiger partial charge on any atom is 0.246 e. The molecule has 1 aromatic heterocycles. The number of fused-ring (bicyclic) bond motifs is 2. The molecule has 2 atom stereocenters. The number of amides is 2. The summed E-state index contributed by atoms with van der Waals surface area (Å²) in [6.45, 7) is 3.87. The number of aromatic hydroxyl groups is 1. The predicted molar refractivity (Wildman–Crippen MR) is 165 cm³/mol. The van der Waals surface area contributed by atoms with Crippen LogP contribution in [0.4, 0.5) is 0 Å². The second-order valence-electron chi connectivity index (χ2n) is 11.2. The Balaban J connectivity index is 1.43. The Bertz CT molecular complexity index is 1810. The molecule has 2 amide bonds. The van der Waals surface area contributed by atoms with E-state index in [0.717, 1.165) is 22.2 Å². The zero-order chi connectivity index (χ0) is 31.0. The van der Waals surface area contributed by atoms with E-state index >= 15 is 0 Å². The molecule has 1 N–H and O–H groups in total. The van der Waals surface area contributed by atoms with Gasteiger partial charge in [-0.2, -0.15) is 0 Å². The number of phenols is 1. The third kappa shape index (κ3) is 5.59. The number of piperazine rings is 1. The first-order valence-electron chi connectivity index (χ1n) is 14.3. The van der Waals surface area contributed by atoms with Crippen molar-refractivity contribution in [2.75, 3.05) is 19.6 Å². The van der Waals surface area contributed by atoms with Gasteiger partial charge in [-0.25, -0.2) is 18.4 Å². The molecule has 3 heterocycles. The monoisotopic (exact) mass is 614 g/mol. The van der Waals surface area contributed by atoms with Crippen LogP contribution in [-0.2, 0) is 45.4 Å². The number of carbonyl (C=O) groups is 2. The molecule has 2 fully saturated rings. The van der Waals surface area contributed by atoms with E-state index in [2.05, 4.69) is 11.6 Å². The van der Waals surface area contributed by atoms with Crippen molar-refractivity contribution in [2.45, 2.75) is 30.9 Å². The highest BCUT2D eigenvalue weighted by molar-refractivity contribution is 7.88. The minimum absolute atomic E-state index is 0.0263. The van der Waals surface area contributed by atoms with Crippen molar-refractivity contribution in [1.29, 1.82) is 0 Å². The summed E-state index contributed by atoms with van der Waals surface area (Å²) in [5.41, 5.74) is 3.82. The Hall–Kier alpha value is -4.52. The minimum atomic E-state index is -4.02. The Labute approximate surface area is 256 Å². The number of carbonyl (C=O) groups excluding carboxylic acids is 2. The Morgan fingerprint density at radius 3 is 2.48 bits per heavy atom. The van der Waals surface area contributed by atoms with Gasteiger partial charge >= 0.3 is 0 Å². The molecule has 12 heteroatoms. The van der Waals surface area contributed by atoms with E-state index in [1.165, 1.54) is 26.5 Å². The number of benzene rings is 3. The average Bonchev–Trinajstić information content (AvgIpc) is 3.38. The number of phenolic OH excluding ortho intramolecular Hbond substituents is 1. The van der Waals surface area contributed by atoms with Gasteiger partial charge in [-0.1, -0.05) is 60.7 Å². The molecular weight excluding hydrogens is 580 g/mol. The van der Waals surface area contributed by atoms with Crippen molar-refractivity contribution < 1.29 is 23.1 Å². The number of hydrogen-bond acceptors (Lipinski definition) is 7. The number of aromatic nitrogens is 2. The van der Waals surface area contributed by atoms with Crippen LogP contribution in [0.1, 0.15) is 16.7 Å². The summed E-state index contributed by atoms with van der Waals surface area (Å²) in [4.78, 5) is 35.7. The van der Waals surface area contributed by atoms with Crippen LogP contribution in [0.15, 0.2) is 91.8 Å². The quantitative estimate of drug-likeness (QED) is 0.288. The van der Waals surface area contributed by atoms with Gasteiger partial charge in [0.2, 0.25) is 21.8 Å².